The van der Waals surface area contributed by atoms with Crippen molar-refractivity contribution in [1.82, 2.24) is 24.7 Å². The quantitative estimate of drug-likeness (QED) is 0.489. The fourth-order valence-corrected chi connectivity index (χ4v) is 4.47. The maximum atomic E-state index is 9.89. The number of pyridine rings is 1. The molecule has 0 radical (unpaired) electrons. The lowest BCUT2D eigenvalue weighted by Crippen LogP contribution is -2.34. The maximum Gasteiger partial charge on any atom is 0.296 e. The van der Waals surface area contributed by atoms with Crippen LogP contribution in [0.4, 0.5) is 0 Å². The molecule has 0 bridgehead atoms. The van der Waals surface area contributed by atoms with Gasteiger partial charge in [-0.25, -0.2) is 4.98 Å². The molecule has 6 rings (SSSR count). The van der Waals surface area contributed by atoms with Crippen molar-refractivity contribution in [3.8, 4) is 28.5 Å². The summed E-state index contributed by atoms with van der Waals surface area (Å²) in [5.74, 6) is 0. The number of nitrogens with one attached hydrogen (secondary N) is 1. The SMILES string of the molecule is Cn1ccc(-c2ccc(-c3nc4nc(O[C@@H]5CO[C@H]6[C@@H]5OC[C@H]6O)[nH]c4cc3Cl)cc2)n1. The summed E-state index contributed by atoms with van der Waals surface area (Å²) in [7, 11) is 1.89. The number of halogens is 1. The van der Waals surface area contributed by atoms with Gasteiger partial charge in [-0.05, 0) is 12.1 Å². The van der Waals surface area contributed by atoms with Crippen molar-refractivity contribution in [2.45, 2.75) is 24.4 Å². The molecular formula is C22H20ClN5O4. The van der Waals surface area contributed by atoms with E-state index in [0.29, 0.717) is 34.5 Å². The summed E-state index contributed by atoms with van der Waals surface area (Å²) >= 11 is 6.53. The molecule has 4 atom stereocenters. The number of ether oxygens (including phenoxy) is 3. The lowest BCUT2D eigenvalue weighted by molar-refractivity contribution is 0.00706. The number of aliphatic hydroxyl groups excluding tert-OH is 1. The molecule has 2 fully saturated rings. The normalized spacial score (nSPS) is 24.8. The topological polar surface area (TPSA) is 107 Å². The van der Waals surface area contributed by atoms with Crippen molar-refractivity contribution in [3.63, 3.8) is 0 Å². The number of hydrogen-bond acceptors (Lipinski definition) is 7. The van der Waals surface area contributed by atoms with Gasteiger partial charge in [0, 0.05) is 24.4 Å². The lowest BCUT2D eigenvalue weighted by atomic mass is 10.1. The zero-order valence-electron chi connectivity index (χ0n) is 17.1. The first-order valence-corrected chi connectivity index (χ1v) is 10.7. The second-order valence-electron chi connectivity index (χ2n) is 8.00. The maximum absolute atomic E-state index is 9.89. The minimum Gasteiger partial charge on any atom is -0.456 e. The van der Waals surface area contributed by atoms with Crippen LogP contribution in [-0.2, 0) is 16.5 Å². The Labute approximate surface area is 187 Å². The molecule has 32 heavy (non-hydrogen) atoms. The van der Waals surface area contributed by atoms with E-state index in [0.717, 1.165) is 16.8 Å². The third-order valence-corrected chi connectivity index (χ3v) is 6.11. The molecule has 9 nitrogen and oxygen atoms in total. The van der Waals surface area contributed by atoms with Crippen molar-refractivity contribution < 1.29 is 19.3 Å². The van der Waals surface area contributed by atoms with E-state index >= 15 is 0 Å². The van der Waals surface area contributed by atoms with Crippen LogP contribution >= 0.6 is 11.6 Å². The van der Waals surface area contributed by atoms with Gasteiger partial charge in [-0.15, -0.1) is 0 Å². The van der Waals surface area contributed by atoms with Gasteiger partial charge in [-0.3, -0.25) is 4.68 Å². The molecule has 4 aromatic rings. The van der Waals surface area contributed by atoms with Crippen molar-refractivity contribution in [2.75, 3.05) is 13.2 Å². The molecule has 2 N–H and O–H groups in total. The largest absolute Gasteiger partial charge is 0.456 e. The molecule has 3 aromatic heterocycles. The number of aryl methyl sites for hydroxylation is 1. The van der Waals surface area contributed by atoms with Crippen LogP contribution in [0.15, 0.2) is 42.6 Å². The second kappa shape index (κ2) is 7.56. The van der Waals surface area contributed by atoms with E-state index in [4.69, 9.17) is 25.8 Å². The molecule has 0 spiro atoms. The van der Waals surface area contributed by atoms with Crippen LogP contribution in [0.1, 0.15) is 0 Å². The molecule has 2 aliphatic heterocycles. The number of aromatic amines is 1. The summed E-state index contributed by atoms with van der Waals surface area (Å²) in [6.07, 6.45) is 0.245. The highest BCUT2D eigenvalue weighted by Crippen LogP contribution is 2.32. The first-order valence-electron chi connectivity index (χ1n) is 10.3. The average molecular weight is 454 g/mol. The predicted octanol–water partition coefficient (Wildman–Crippen LogP) is 2.58. The standard InChI is InChI=1S/C22H20ClN5O4/c1-28-7-6-14(27-28)11-2-4-12(5-3-11)18-13(23)8-15-21(25-18)26-22(24-15)32-17-10-31-19-16(29)9-30-20(17)19/h2-8,16-17,19-20,29H,9-10H2,1H3,(H,24,25,26)/t16-,17-,19-,20-/m1/s1. The number of imidazole rings is 1. The van der Waals surface area contributed by atoms with E-state index in [1.165, 1.54) is 0 Å². The van der Waals surface area contributed by atoms with E-state index in [1.807, 2.05) is 43.6 Å². The van der Waals surface area contributed by atoms with Crippen LogP contribution < -0.4 is 4.74 Å². The fraction of sp³-hybridized carbons (Fsp3) is 0.318. The highest BCUT2D eigenvalue weighted by atomic mass is 35.5. The van der Waals surface area contributed by atoms with Crippen molar-refractivity contribution in [1.29, 1.82) is 0 Å². The van der Waals surface area contributed by atoms with Gasteiger partial charge >= 0.3 is 0 Å². The first-order chi connectivity index (χ1) is 15.5. The van der Waals surface area contributed by atoms with E-state index < -0.39 is 6.10 Å². The second-order valence-corrected chi connectivity index (χ2v) is 8.41. The molecule has 2 saturated heterocycles. The van der Waals surface area contributed by atoms with Gasteiger partial charge in [-0.2, -0.15) is 10.1 Å². The monoisotopic (exact) mass is 453 g/mol. The van der Waals surface area contributed by atoms with Crippen molar-refractivity contribution in [2.24, 2.45) is 7.05 Å². The van der Waals surface area contributed by atoms with Gasteiger partial charge in [0.25, 0.3) is 6.01 Å². The number of rotatable bonds is 4. The molecule has 0 amide bonds. The van der Waals surface area contributed by atoms with Gasteiger partial charge < -0.3 is 24.3 Å². The number of benzene rings is 1. The summed E-state index contributed by atoms with van der Waals surface area (Å²) in [4.78, 5) is 12.2. The smallest absolute Gasteiger partial charge is 0.296 e. The summed E-state index contributed by atoms with van der Waals surface area (Å²) in [5, 5.41) is 14.8. The first kappa shape index (κ1) is 19.7. The van der Waals surface area contributed by atoms with Crippen molar-refractivity contribution in [3.05, 3.63) is 47.6 Å². The Balaban J connectivity index is 1.26. The van der Waals surface area contributed by atoms with Gasteiger partial charge in [0.05, 0.1) is 35.1 Å². The third-order valence-electron chi connectivity index (χ3n) is 5.82. The molecule has 0 unspecified atom stereocenters. The van der Waals surface area contributed by atoms with E-state index in [1.54, 1.807) is 10.7 Å². The molecule has 0 saturated carbocycles. The van der Waals surface area contributed by atoms with Crippen LogP contribution in [0, 0.1) is 0 Å². The van der Waals surface area contributed by atoms with Gasteiger partial charge in [0.2, 0.25) is 0 Å². The Morgan fingerprint density at radius 2 is 1.88 bits per heavy atom. The Bertz CT molecular complexity index is 1290. The van der Waals surface area contributed by atoms with Crippen LogP contribution in [0.25, 0.3) is 33.7 Å². The number of aliphatic hydroxyl groups is 1. The summed E-state index contributed by atoms with van der Waals surface area (Å²) in [6.45, 7) is 0.570. The summed E-state index contributed by atoms with van der Waals surface area (Å²) < 4.78 is 18.9. The predicted molar refractivity (Wildman–Crippen MR) is 116 cm³/mol. The minimum absolute atomic E-state index is 0.245. The molecule has 10 heteroatoms. The van der Waals surface area contributed by atoms with Gasteiger partial charge in [-0.1, -0.05) is 35.9 Å². The number of fused-ring (bicyclic) bond motifs is 2. The Kier molecular flexibility index (Phi) is 4.65. The van der Waals surface area contributed by atoms with Crippen LogP contribution in [-0.4, -0.2) is 67.5 Å². The average Bonchev–Trinajstić information content (AvgIpc) is 3.55. The van der Waals surface area contributed by atoms with Crippen LogP contribution in [0.2, 0.25) is 5.02 Å². The zero-order valence-corrected chi connectivity index (χ0v) is 17.9. The van der Waals surface area contributed by atoms with Gasteiger partial charge in [0.15, 0.2) is 11.8 Å². The molecular weight excluding hydrogens is 434 g/mol. The molecule has 164 valence electrons. The zero-order chi connectivity index (χ0) is 21.8. The Morgan fingerprint density at radius 3 is 2.66 bits per heavy atom. The number of H-pyrrole nitrogens is 1. The molecule has 0 aliphatic carbocycles. The molecule has 1 aromatic carbocycles. The van der Waals surface area contributed by atoms with E-state index in [9.17, 15) is 5.11 Å². The highest BCUT2D eigenvalue weighted by Gasteiger charge is 2.48. The minimum atomic E-state index is -0.628. The third kappa shape index (κ3) is 3.34. The van der Waals surface area contributed by atoms with E-state index in [-0.39, 0.29) is 24.9 Å². The van der Waals surface area contributed by atoms with Crippen LogP contribution in [0.5, 0.6) is 6.01 Å². The Hall–Kier alpha value is -2.98. The number of aromatic nitrogens is 5. The summed E-state index contributed by atoms with van der Waals surface area (Å²) in [5.41, 5.74) is 4.59. The van der Waals surface area contributed by atoms with Gasteiger partial charge in [0.1, 0.15) is 18.3 Å². The van der Waals surface area contributed by atoms with Crippen molar-refractivity contribution >= 4 is 22.8 Å². The summed E-state index contributed by atoms with van der Waals surface area (Å²) in [6, 6.07) is 12.0. The highest BCUT2D eigenvalue weighted by molar-refractivity contribution is 6.33. The lowest BCUT2D eigenvalue weighted by Gasteiger charge is -2.15. The fourth-order valence-electron chi connectivity index (χ4n) is 4.21. The van der Waals surface area contributed by atoms with E-state index in [2.05, 4.69) is 20.1 Å². The number of nitrogens with zero attached hydrogens (tertiary/aromatic N) is 4. The molecule has 2 aliphatic rings. The molecule has 5 heterocycles. The van der Waals surface area contributed by atoms with Crippen LogP contribution in [0.3, 0.4) is 0 Å². The Morgan fingerprint density at radius 1 is 1.09 bits per heavy atom. The number of hydrogen-bond donors (Lipinski definition) is 2.